The number of benzene rings is 2. The summed E-state index contributed by atoms with van der Waals surface area (Å²) in [7, 11) is 1.57. The summed E-state index contributed by atoms with van der Waals surface area (Å²) < 4.78 is 7.67. The normalized spacial score (nSPS) is 16.8. The molecule has 1 aliphatic heterocycles. The number of amides is 1. The summed E-state index contributed by atoms with van der Waals surface area (Å²) >= 11 is 18.7. The van der Waals surface area contributed by atoms with Gasteiger partial charge in [0.25, 0.3) is 0 Å². The van der Waals surface area contributed by atoms with Crippen LogP contribution in [-0.4, -0.2) is 27.7 Å². The Kier molecular flexibility index (Phi) is 7.56. The molecule has 5 rings (SSSR count). The lowest BCUT2D eigenvalue weighted by atomic mass is 10.0. The largest absolute Gasteiger partial charge is 0.494 e. The number of nitrogens with one attached hydrogen (secondary N) is 2. The van der Waals surface area contributed by atoms with Crippen LogP contribution in [0.5, 0.6) is 5.75 Å². The van der Waals surface area contributed by atoms with Crippen molar-refractivity contribution in [2.45, 2.75) is 25.4 Å². The summed E-state index contributed by atoms with van der Waals surface area (Å²) in [6.07, 6.45) is 4.09. The molecule has 1 saturated heterocycles. The summed E-state index contributed by atoms with van der Waals surface area (Å²) in [6.45, 7) is 1.80. The van der Waals surface area contributed by atoms with Crippen LogP contribution in [0.25, 0.3) is 5.69 Å². The zero-order chi connectivity index (χ0) is 26.8. The minimum absolute atomic E-state index is 0.0971. The summed E-state index contributed by atoms with van der Waals surface area (Å²) in [5.41, 5.74) is 3.97. The molecule has 38 heavy (non-hydrogen) atoms. The van der Waals surface area contributed by atoms with Crippen molar-refractivity contribution >= 4 is 57.8 Å². The number of hydrogen-bond donors (Lipinski definition) is 2. The van der Waals surface area contributed by atoms with E-state index in [1.165, 1.54) is 0 Å². The van der Waals surface area contributed by atoms with E-state index in [0.29, 0.717) is 33.0 Å². The Labute approximate surface area is 236 Å². The Hall–Kier alpha value is -3.59. The van der Waals surface area contributed by atoms with Gasteiger partial charge in [-0.1, -0.05) is 36.2 Å². The van der Waals surface area contributed by atoms with Crippen LogP contribution in [0.4, 0.5) is 11.4 Å². The van der Waals surface area contributed by atoms with E-state index in [-0.39, 0.29) is 18.0 Å². The average molecular weight is 567 g/mol. The van der Waals surface area contributed by atoms with Crippen LogP contribution < -0.4 is 20.3 Å². The molecule has 0 saturated carbocycles. The number of thiocarbonyl (C=S) groups is 1. The summed E-state index contributed by atoms with van der Waals surface area (Å²) in [4.78, 5) is 18.7. The number of ether oxygens (including phenoxy) is 1. The topological polar surface area (TPSA) is 71.4 Å². The Balaban J connectivity index is 1.64. The fourth-order valence-corrected chi connectivity index (χ4v) is 5.48. The monoisotopic (exact) mass is 565 g/mol. The third-order valence-electron chi connectivity index (χ3n) is 6.41. The van der Waals surface area contributed by atoms with E-state index in [1.807, 2.05) is 76.3 Å². The first-order valence-electron chi connectivity index (χ1n) is 12.0. The second-order valence-electron chi connectivity index (χ2n) is 8.68. The number of aromatic nitrogens is 2. The van der Waals surface area contributed by atoms with Crippen molar-refractivity contribution in [1.29, 1.82) is 0 Å². The standard InChI is InChI=1S/C28H25Cl2N5O2S/c1-3-25(36)32-20-11-10-18(16-24(20)37-2)35-27(26(33-28(35)38)21-7-4-5-13-31-21)23-8-6-14-34(23)22-12-9-17(29)15-19(22)30/h4-16,26-27H,3H2,1-2H3,(H,32,36)(H,33,38)/t26-,27-/m0/s1. The number of nitrogens with zero attached hydrogens (tertiary/aromatic N) is 3. The predicted molar refractivity (Wildman–Crippen MR) is 156 cm³/mol. The summed E-state index contributed by atoms with van der Waals surface area (Å²) in [6, 6.07) is 20.3. The van der Waals surface area contributed by atoms with Gasteiger partial charge in [-0.2, -0.15) is 0 Å². The molecule has 1 fully saturated rings. The Morgan fingerprint density at radius 3 is 2.68 bits per heavy atom. The molecular formula is C28H25Cl2N5O2S. The fourth-order valence-electron chi connectivity index (χ4n) is 4.64. The van der Waals surface area contributed by atoms with Gasteiger partial charge in [0.2, 0.25) is 5.91 Å². The lowest BCUT2D eigenvalue weighted by Crippen LogP contribution is -2.30. The Morgan fingerprint density at radius 2 is 1.97 bits per heavy atom. The molecule has 2 N–H and O–H groups in total. The molecule has 10 heteroatoms. The zero-order valence-corrected chi connectivity index (χ0v) is 23.0. The van der Waals surface area contributed by atoms with Crippen LogP contribution in [0.1, 0.15) is 36.8 Å². The zero-order valence-electron chi connectivity index (χ0n) is 20.7. The molecule has 0 unspecified atom stereocenters. The third kappa shape index (κ3) is 4.95. The van der Waals surface area contributed by atoms with Gasteiger partial charge < -0.3 is 24.8 Å². The SMILES string of the molecule is CCC(=O)Nc1ccc(N2C(=S)N[C@@H](c3ccccn3)[C@@H]2c2cccn2-c2ccc(Cl)cc2Cl)cc1OC. The minimum Gasteiger partial charge on any atom is -0.494 e. The van der Waals surface area contributed by atoms with Gasteiger partial charge in [0.15, 0.2) is 5.11 Å². The maximum Gasteiger partial charge on any atom is 0.224 e. The minimum atomic E-state index is -0.292. The lowest BCUT2D eigenvalue weighted by molar-refractivity contribution is -0.115. The van der Waals surface area contributed by atoms with E-state index in [2.05, 4.69) is 15.6 Å². The second-order valence-corrected chi connectivity index (χ2v) is 9.91. The van der Waals surface area contributed by atoms with E-state index in [4.69, 9.17) is 40.2 Å². The van der Waals surface area contributed by atoms with Gasteiger partial charge in [0, 0.05) is 41.3 Å². The van der Waals surface area contributed by atoms with Crippen molar-refractivity contribution in [1.82, 2.24) is 14.9 Å². The first-order chi connectivity index (χ1) is 18.4. The van der Waals surface area contributed by atoms with Crippen molar-refractivity contribution in [3.63, 3.8) is 0 Å². The quantitative estimate of drug-likeness (QED) is 0.242. The number of halogens is 2. The number of anilines is 2. The van der Waals surface area contributed by atoms with E-state index < -0.39 is 0 Å². The van der Waals surface area contributed by atoms with Crippen LogP contribution in [0.15, 0.2) is 79.1 Å². The molecule has 1 amide bonds. The number of hydrogen-bond acceptors (Lipinski definition) is 4. The van der Waals surface area contributed by atoms with Gasteiger partial charge in [0.05, 0.1) is 35.2 Å². The molecule has 194 valence electrons. The van der Waals surface area contributed by atoms with E-state index in [0.717, 1.165) is 22.8 Å². The smallest absolute Gasteiger partial charge is 0.224 e. The molecule has 1 aliphatic rings. The molecular weight excluding hydrogens is 541 g/mol. The summed E-state index contributed by atoms with van der Waals surface area (Å²) in [5.74, 6) is 0.434. The average Bonchev–Trinajstić information content (AvgIpc) is 3.53. The first kappa shape index (κ1) is 26.0. The van der Waals surface area contributed by atoms with Crippen LogP contribution in [-0.2, 0) is 4.79 Å². The highest BCUT2D eigenvalue weighted by atomic mass is 35.5. The van der Waals surface area contributed by atoms with Crippen molar-refractivity contribution in [3.05, 3.63) is 101 Å². The van der Waals surface area contributed by atoms with Crippen LogP contribution in [0, 0.1) is 0 Å². The number of methoxy groups -OCH3 is 1. The van der Waals surface area contributed by atoms with Crippen molar-refractivity contribution in [2.24, 2.45) is 0 Å². The highest BCUT2D eigenvalue weighted by molar-refractivity contribution is 7.80. The van der Waals surface area contributed by atoms with Crippen molar-refractivity contribution < 1.29 is 9.53 Å². The molecule has 0 aliphatic carbocycles. The first-order valence-corrected chi connectivity index (χ1v) is 13.2. The third-order valence-corrected chi connectivity index (χ3v) is 7.26. The maximum absolute atomic E-state index is 12.0. The molecule has 0 bridgehead atoms. The molecule has 2 aromatic carbocycles. The van der Waals surface area contributed by atoms with Gasteiger partial charge in [-0.3, -0.25) is 9.78 Å². The molecule has 0 radical (unpaired) electrons. The molecule has 2 aromatic heterocycles. The van der Waals surface area contributed by atoms with Crippen molar-refractivity contribution in [3.8, 4) is 11.4 Å². The summed E-state index contributed by atoms with van der Waals surface area (Å²) in [5, 5.41) is 7.98. The van der Waals surface area contributed by atoms with Gasteiger partial charge >= 0.3 is 0 Å². The van der Waals surface area contributed by atoms with Gasteiger partial charge in [-0.15, -0.1) is 0 Å². The van der Waals surface area contributed by atoms with E-state index in [1.54, 1.807) is 26.3 Å². The van der Waals surface area contributed by atoms with Crippen LogP contribution in [0.2, 0.25) is 10.0 Å². The van der Waals surface area contributed by atoms with E-state index in [9.17, 15) is 4.79 Å². The molecule has 0 spiro atoms. The molecule has 2 atom stereocenters. The number of rotatable bonds is 7. The van der Waals surface area contributed by atoms with Crippen LogP contribution in [0.3, 0.4) is 0 Å². The molecule has 3 heterocycles. The highest BCUT2D eigenvalue weighted by Gasteiger charge is 2.42. The Morgan fingerprint density at radius 1 is 1.13 bits per heavy atom. The maximum atomic E-state index is 12.0. The Bertz CT molecular complexity index is 1490. The van der Waals surface area contributed by atoms with Gasteiger partial charge in [-0.25, -0.2) is 0 Å². The fraction of sp³-hybridized carbons (Fsp3) is 0.179. The number of carbonyl (C=O) groups is 1. The number of pyridine rings is 1. The predicted octanol–water partition coefficient (Wildman–Crippen LogP) is 6.71. The van der Waals surface area contributed by atoms with Crippen molar-refractivity contribution in [2.75, 3.05) is 17.3 Å². The van der Waals surface area contributed by atoms with Gasteiger partial charge in [0.1, 0.15) is 11.8 Å². The molecule has 7 nitrogen and oxygen atoms in total. The van der Waals surface area contributed by atoms with Crippen LogP contribution >= 0.6 is 35.4 Å². The number of carbonyl (C=O) groups excluding carboxylic acids is 1. The lowest BCUT2D eigenvalue weighted by Gasteiger charge is -2.29. The highest BCUT2D eigenvalue weighted by Crippen LogP contribution is 2.44. The second kappa shape index (κ2) is 11.0. The van der Waals surface area contributed by atoms with E-state index >= 15 is 0 Å². The molecule has 4 aromatic rings. The van der Waals surface area contributed by atoms with Gasteiger partial charge in [-0.05, 0) is 66.8 Å².